The molecule has 2 aromatic rings. The van der Waals surface area contributed by atoms with Gasteiger partial charge in [0.2, 0.25) is 0 Å². The van der Waals surface area contributed by atoms with Crippen molar-refractivity contribution in [2.75, 3.05) is 26.2 Å². The van der Waals surface area contributed by atoms with Crippen LogP contribution in [0.2, 0.25) is 0 Å². The summed E-state index contributed by atoms with van der Waals surface area (Å²) in [7, 11) is 0. The van der Waals surface area contributed by atoms with Gasteiger partial charge in [-0.15, -0.1) is 24.0 Å². The number of nitrogens with one attached hydrogen (secondary N) is 2. The molecule has 0 radical (unpaired) electrons. The number of carbonyl (C=O) groups excluding carboxylic acids is 1. The topological polar surface area (TPSA) is 56.7 Å². The maximum absolute atomic E-state index is 13.7. The molecule has 7 heteroatoms. The second kappa shape index (κ2) is 11.8. The van der Waals surface area contributed by atoms with Crippen LogP contribution >= 0.6 is 24.0 Å². The van der Waals surface area contributed by atoms with Crippen LogP contribution in [-0.2, 0) is 12.0 Å². The lowest BCUT2D eigenvalue weighted by molar-refractivity contribution is 0.0724. The van der Waals surface area contributed by atoms with E-state index >= 15 is 0 Å². The maximum atomic E-state index is 13.7. The van der Waals surface area contributed by atoms with Crippen LogP contribution in [0, 0.1) is 5.82 Å². The van der Waals surface area contributed by atoms with Gasteiger partial charge >= 0.3 is 0 Å². The monoisotopic (exact) mass is 564 g/mol. The summed E-state index contributed by atoms with van der Waals surface area (Å²) in [6, 6.07) is 14.7. The number of guanidine groups is 1. The normalized spacial score (nSPS) is 17.2. The van der Waals surface area contributed by atoms with E-state index in [1.165, 1.54) is 12.5 Å². The highest BCUT2D eigenvalue weighted by Crippen LogP contribution is 2.47. The molecule has 178 valence electrons. The molecule has 0 atom stereocenters. The van der Waals surface area contributed by atoms with Gasteiger partial charge in [0.05, 0.1) is 6.54 Å². The Balaban J connectivity index is 0.00000306. The third-order valence-electron chi connectivity index (χ3n) is 6.47. The van der Waals surface area contributed by atoms with Gasteiger partial charge in [-0.05, 0) is 74.4 Å². The molecule has 2 aliphatic rings. The zero-order valence-corrected chi connectivity index (χ0v) is 21.6. The molecule has 1 amide bonds. The van der Waals surface area contributed by atoms with Gasteiger partial charge in [0.1, 0.15) is 5.82 Å². The van der Waals surface area contributed by atoms with Gasteiger partial charge in [-0.1, -0.05) is 24.3 Å². The second-order valence-corrected chi connectivity index (χ2v) is 8.89. The zero-order valence-electron chi connectivity index (χ0n) is 19.3. The van der Waals surface area contributed by atoms with E-state index in [-0.39, 0.29) is 41.1 Å². The average molecular weight is 564 g/mol. The quantitative estimate of drug-likeness (QED) is 0.287. The minimum atomic E-state index is -0.187. The fourth-order valence-electron chi connectivity index (χ4n) is 4.38. The summed E-state index contributed by atoms with van der Waals surface area (Å²) < 4.78 is 13.7. The summed E-state index contributed by atoms with van der Waals surface area (Å²) in [5.74, 6) is 0.669. The highest BCUT2D eigenvalue weighted by atomic mass is 127. The Hall–Kier alpha value is -2.16. The first-order valence-electron chi connectivity index (χ1n) is 11.8. The van der Waals surface area contributed by atoms with Gasteiger partial charge in [0.25, 0.3) is 5.91 Å². The molecule has 1 saturated carbocycles. The van der Waals surface area contributed by atoms with Crippen LogP contribution in [0.1, 0.15) is 60.5 Å². The van der Waals surface area contributed by atoms with E-state index < -0.39 is 0 Å². The van der Waals surface area contributed by atoms with Gasteiger partial charge in [-0.2, -0.15) is 0 Å². The summed E-state index contributed by atoms with van der Waals surface area (Å²) in [6.45, 7) is 5.70. The molecule has 1 saturated heterocycles. The lowest BCUT2D eigenvalue weighted by atomic mass is 9.96. The molecule has 4 rings (SSSR count). The van der Waals surface area contributed by atoms with Crippen LogP contribution in [-0.4, -0.2) is 42.9 Å². The SMILES string of the molecule is CCNC(=NCc1cccc(C(=O)N2CCCCC2)c1)NCC1(c2cccc(F)c2)CC1.I. The molecule has 0 unspecified atom stereocenters. The first kappa shape index (κ1) is 25.5. The Morgan fingerprint density at radius 2 is 1.82 bits per heavy atom. The number of piperidine rings is 1. The van der Waals surface area contributed by atoms with Crippen molar-refractivity contribution in [1.82, 2.24) is 15.5 Å². The molecule has 33 heavy (non-hydrogen) atoms. The van der Waals surface area contributed by atoms with E-state index in [4.69, 9.17) is 4.99 Å². The van der Waals surface area contributed by atoms with Crippen molar-refractivity contribution in [3.05, 3.63) is 71.0 Å². The summed E-state index contributed by atoms with van der Waals surface area (Å²) in [5, 5.41) is 6.74. The molecule has 5 nitrogen and oxygen atoms in total. The van der Waals surface area contributed by atoms with Crippen LogP contribution in [0.5, 0.6) is 0 Å². The van der Waals surface area contributed by atoms with E-state index in [9.17, 15) is 9.18 Å². The predicted octanol–water partition coefficient (Wildman–Crippen LogP) is 4.86. The molecular weight excluding hydrogens is 530 g/mol. The number of hydrogen-bond acceptors (Lipinski definition) is 2. The summed E-state index contributed by atoms with van der Waals surface area (Å²) in [4.78, 5) is 19.5. The van der Waals surface area contributed by atoms with E-state index in [1.54, 1.807) is 12.1 Å². The molecule has 0 spiro atoms. The molecule has 2 aromatic carbocycles. The van der Waals surface area contributed by atoms with Crippen molar-refractivity contribution in [2.45, 2.75) is 51.0 Å². The van der Waals surface area contributed by atoms with Crippen LogP contribution in [0.4, 0.5) is 4.39 Å². The van der Waals surface area contributed by atoms with Gasteiger partial charge in [0, 0.05) is 37.2 Å². The number of rotatable bonds is 7. The van der Waals surface area contributed by atoms with Crippen molar-refractivity contribution in [3.63, 3.8) is 0 Å². The number of nitrogens with zero attached hydrogens (tertiary/aromatic N) is 2. The third-order valence-corrected chi connectivity index (χ3v) is 6.47. The molecule has 1 aliphatic heterocycles. The molecular formula is C26H34FIN4O. The van der Waals surface area contributed by atoms with Crippen molar-refractivity contribution in [2.24, 2.45) is 4.99 Å². The first-order chi connectivity index (χ1) is 15.6. The van der Waals surface area contributed by atoms with Crippen LogP contribution in [0.15, 0.2) is 53.5 Å². The summed E-state index contributed by atoms with van der Waals surface area (Å²) in [5.41, 5.74) is 2.78. The van der Waals surface area contributed by atoms with E-state index in [1.807, 2.05) is 42.2 Å². The minimum Gasteiger partial charge on any atom is -0.357 e. The molecule has 2 fully saturated rings. The predicted molar refractivity (Wildman–Crippen MR) is 142 cm³/mol. The second-order valence-electron chi connectivity index (χ2n) is 8.89. The zero-order chi connectivity index (χ0) is 22.4. The number of halogens is 2. The summed E-state index contributed by atoms with van der Waals surface area (Å²) in [6.07, 6.45) is 5.47. The number of benzene rings is 2. The standard InChI is InChI=1S/C26H33FN4O.HI/c1-2-28-25(30-19-26(12-13-26)22-10-7-11-23(27)17-22)29-18-20-8-6-9-21(16-20)24(32)31-14-4-3-5-15-31;/h6-11,16-17H,2-5,12-15,18-19H2,1H3,(H2,28,29,30);1H. The lowest BCUT2D eigenvalue weighted by Gasteiger charge is -2.26. The fourth-order valence-corrected chi connectivity index (χ4v) is 4.38. The Morgan fingerprint density at radius 1 is 1.06 bits per heavy atom. The molecule has 2 N–H and O–H groups in total. The van der Waals surface area contributed by atoms with Crippen LogP contribution < -0.4 is 10.6 Å². The highest BCUT2D eigenvalue weighted by Gasteiger charge is 2.44. The number of hydrogen-bond donors (Lipinski definition) is 2. The van der Waals surface area contributed by atoms with E-state index in [0.717, 1.165) is 74.5 Å². The fraction of sp³-hybridized carbons (Fsp3) is 0.462. The van der Waals surface area contributed by atoms with Gasteiger partial charge in [-0.25, -0.2) is 9.38 Å². The number of amides is 1. The van der Waals surface area contributed by atoms with Crippen LogP contribution in [0.3, 0.4) is 0 Å². The molecule has 1 aliphatic carbocycles. The smallest absolute Gasteiger partial charge is 0.253 e. The Morgan fingerprint density at radius 3 is 2.52 bits per heavy atom. The van der Waals surface area contributed by atoms with Gasteiger partial charge in [0.15, 0.2) is 5.96 Å². The van der Waals surface area contributed by atoms with E-state index in [0.29, 0.717) is 6.54 Å². The number of likely N-dealkylation sites (tertiary alicyclic amines) is 1. The maximum Gasteiger partial charge on any atom is 0.253 e. The van der Waals surface area contributed by atoms with E-state index in [2.05, 4.69) is 10.6 Å². The van der Waals surface area contributed by atoms with Crippen molar-refractivity contribution < 1.29 is 9.18 Å². The van der Waals surface area contributed by atoms with Crippen molar-refractivity contribution >= 4 is 35.8 Å². The van der Waals surface area contributed by atoms with Gasteiger partial charge < -0.3 is 15.5 Å². The molecule has 0 aromatic heterocycles. The molecule has 0 bridgehead atoms. The molecule has 1 heterocycles. The average Bonchev–Trinajstić information content (AvgIpc) is 3.62. The number of carbonyl (C=O) groups is 1. The highest BCUT2D eigenvalue weighted by molar-refractivity contribution is 14.0. The van der Waals surface area contributed by atoms with Crippen molar-refractivity contribution in [3.8, 4) is 0 Å². The first-order valence-corrected chi connectivity index (χ1v) is 11.8. The van der Waals surface area contributed by atoms with Crippen LogP contribution in [0.25, 0.3) is 0 Å². The third kappa shape index (κ3) is 6.68. The lowest BCUT2D eigenvalue weighted by Crippen LogP contribution is -2.41. The minimum absolute atomic E-state index is 0. The Labute approximate surface area is 213 Å². The Bertz CT molecular complexity index is 970. The van der Waals surface area contributed by atoms with Crippen molar-refractivity contribution in [1.29, 1.82) is 0 Å². The summed E-state index contributed by atoms with van der Waals surface area (Å²) >= 11 is 0. The number of aliphatic imine (C=N–C) groups is 1. The Kier molecular flexibility index (Phi) is 9.11. The largest absolute Gasteiger partial charge is 0.357 e. The van der Waals surface area contributed by atoms with Gasteiger partial charge in [-0.3, -0.25) is 4.79 Å².